The van der Waals surface area contributed by atoms with Gasteiger partial charge in [0.05, 0.1) is 0 Å². The standard InChI is InChI=1S/C10H7Br3N2S/c11-5-1-8(12)7(9(13)2-5)3-6-4-15-10(14)16-6/h1-2,4H,3H2,(H2,14,15). The molecule has 0 atom stereocenters. The molecule has 0 amide bonds. The third kappa shape index (κ3) is 2.85. The van der Waals surface area contributed by atoms with Gasteiger partial charge in [-0.05, 0) is 17.7 Å². The van der Waals surface area contributed by atoms with E-state index < -0.39 is 0 Å². The minimum absolute atomic E-state index is 0.611. The minimum atomic E-state index is 0.611. The van der Waals surface area contributed by atoms with Gasteiger partial charge < -0.3 is 5.73 Å². The molecule has 2 aromatic rings. The van der Waals surface area contributed by atoms with Crippen molar-refractivity contribution in [3.8, 4) is 0 Å². The van der Waals surface area contributed by atoms with E-state index in [1.807, 2.05) is 18.3 Å². The topological polar surface area (TPSA) is 38.9 Å². The van der Waals surface area contributed by atoms with Gasteiger partial charge >= 0.3 is 0 Å². The molecule has 6 heteroatoms. The van der Waals surface area contributed by atoms with E-state index in [0.717, 1.165) is 24.7 Å². The van der Waals surface area contributed by atoms with Crippen molar-refractivity contribution in [3.05, 3.63) is 42.2 Å². The average molecular weight is 427 g/mol. The highest BCUT2D eigenvalue weighted by molar-refractivity contribution is 9.11. The van der Waals surface area contributed by atoms with E-state index in [1.54, 1.807) is 0 Å². The molecule has 0 spiro atoms. The maximum absolute atomic E-state index is 5.61. The van der Waals surface area contributed by atoms with Crippen LogP contribution >= 0.6 is 59.1 Å². The maximum atomic E-state index is 5.61. The van der Waals surface area contributed by atoms with Gasteiger partial charge in [0.25, 0.3) is 0 Å². The predicted molar refractivity (Wildman–Crippen MR) is 78.9 cm³/mol. The molecule has 84 valence electrons. The lowest BCUT2D eigenvalue weighted by atomic mass is 10.1. The number of benzene rings is 1. The molecule has 1 heterocycles. The Morgan fingerprint density at radius 2 is 1.81 bits per heavy atom. The van der Waals surface area contributed by atoms with Crippen molar-refractivity contribution in [3.63, 3.8) is 0 Å². The molecule has 16 heavy (non-hydrogen) atoms. The van der Waals surface area contributed by atoms with E-state index in [2.05, 4.69) is 52.8 Å². The van der Waals surface area contributed by atoms with Gasteiger partial charge in [0.15, 0.2) is 5.13 Å². The fraction of sp³-hybridized carbons (Fsp3) is 0.100. The highest BCUT2D eigenvalue weighted by Crippen LogP contribution is 2.32. The van der Waals surface area contributed by atoms with Gasteiger partial charge in [-0.3, -0.25) is 0 Å². The molecule has 0 fully saturated rings. The lowest BCUT2D eigenvalue weighted by Crippen LogP contribution is -1.89. The molecule has 1 aromatic heterocycles. The van der Waals surface area contributed by atoms with Crippen LogP contribution in [0.4, 0.5) is 5.13 Å². The zero-order valence-electron chi connectivity index (χ0n) is 8.01. The Morgan fingerprint density at radius 3 is 2.31 bits per heavy atom. The molecule has 0 saturated heterocycles. The molecule has 1 aromatic carbocycles. The quantitative estimate of drug-likeness (QED) is 0.762. The lowest BCUT2D eigenvalue weighted by molar-refractivity contribution is 1.18. The van der Waals surface area contributed by atoms with Crippen molar-refractivity contribution in [2.45, 2.75) is 6.42 Å². The van der Waals surface area contributed by atoms with Crippen LogP contribution in [0.3, 0.4) is 0 Å². The zero-order chi connectivity index (χ0) is 11.7. The summed E-state index contributed by atoms with van der Waals surface area (Å²) in [7, 11) is 0. The number of hydrogen-bond donors (Lipinski definition) is 1. The van der Waals surface area contributed by atoms with Crippen LogP contribution in [0.15, 0.2) is 31.7 Å². The minimum Gasteiger partial charge on any atom is -0.375 e. The van der Waals surface area contributed by atoms with Crippen molar-refractivity contribution >= 4 is 64.3 Å². The van der Waals surface area contributed by atoms with E-state index >= 15 is 0 Å². The van der Waals surface area contributed by atoms with Gasteiger partial charge in [0, 0.05) is 30.9 Å². The molecular formula is C10H7Br3N2S. The summed E-state index contributed by atoms with van der Waals surface area (Å²) < 4.78 is 3.18. The summed E-state index contributed by atoms with van der Waals surface area (Å²) in [6.45, 7) is 0. The molecule has 0 bridgehead atoms. The Kier molecular flexibility index (Phi) is 4.05. The van der Waals surface area contributed by atoms with E-state index in [9.17, 15) is 0 Å². The second-order valence-electron chi connectivity index (χ2n) is 3.19. The lowest BCUT2D eigenvalue weighted by Gasteiger charge is -2.06. The number of halogens is 3. The molecular weight excluding hydrogens is 420 g/mol. The fourth-order valence-electron chi connectivity index (χ4n) is 1.32. The first-order chi connectivity index (χ1) is 7.56. The van der Waals surface area contributed by atoms with Gasteiger partial charge in [-0.25, -0.2) is 4.98 Å². The monoisotopic (exact) mass is 424 g/mol. The number of nitrogen functional groups attached to an aromatic ring is 1. The summed E-state index contributed by atoms with van der Waals surface area (Å²) in [6.07, 6.45) is 2.64. The Labute approximate surface area is 123 Å². The van der Waals surface area contributed by atoms with E-state index in [0.29, 0.717) is 5.13 Å². The second kappa shape index (κ2) is 5.16. The van der Waals surface area contributed by atoms with Crippen LogP contribution in [0.5, 0.6) is 0 Å². The molecule has 2 N–H and O–H groups in total. The third-order valence-electron chi connectivity index (χ3n) is 2.03. The first-order valence-electron chi connectivity index (χ1n) is 4.40. The van der Waals surface area contributed by atoms with Gasteiger partial charge in [-0.2, -0.15) is 0 Å². The number of nitrogens with two attached hydrogens (primary N) is 1. The van der Waals surface area contributed by atoms with E-state index in [-0.39, 0.29) is 0 Å². The number of aromatic nitrogens is 1. The first kappa shape index (κ1) is 12.5. The van der Waals surface area contributed by atoms with Crippen LogP contribution in [-0.2, 0) is 6.42 Å². The van der Waals surface area contributed by atoms with Crippen molar-refractivity contribution in [2.75, 3.05) is 5.73 Å². The first-order valence-corrected chi connectivity index (χ1v) is 7.59. The van der Waals surface area contributed by atoms with E-state index in [1.165, 1.54) is 16.9 Å². The summed E-state index contributed by atoms with van der Waals surface area (Å²) >= 11 is 12.1. The largest absolute Gasteiger partial charge is 0.375 e. The normalized spacial score (nSPS) is 10.7. The summed E-state index contributed by atoms with van der Waals surface area (Å²) in [5.41, 5.74) is 6.81. The Balaban J connectivity index is 2.34. The van der Waals surface area contributed by atoms with Gasteiger partial charge in [-0.15, -0.1) is 11.3 Å². The summed E-state index contributed by atoms with van der Waals surface area (Å²) in [5.74, 6) is 0. The van der Waals surface area contributed by atoms with Crippen LogP contribution < -0.4 is 5.73 Å². The van der Waals surface area contributed by atoms with Crippen LogP contribution in [0.25, 0.3) is 0 Å². The Bertz CT molecular complexity index is 502. The second-order valence-corrected chi connectivity index (χ2v) is 6.96. The predicted octanol–water partition coefficient (Wildman–Crippen LogP) is 4.60. The molecule has 0 saturated carbocycles. The molecule has 0 radical (unpaired) electrons. The van der Waals surface area contributed by atoms with Gasteiger partial charge in [0.2, 0.25) is 0 Å². The Hall–Kier alpha value is 0.0900. The van der Waals surface area contributed by atoms with Crippen molar-refractivity contribution < 1.29 is 0 Å². The number of rotatable bonds is 2. The van der Waals surface area contributed by atoms with Gasteiger partial charge in [-0.1, -0.05) is 47.8 Å². The molecule has 2 nitrogen and oxygen atoms in total. The summed E-state index contributed by atoms with van der Waals surface area (Å²) in [4.78, 5) is 5.20. The average Bonchev–Trinajstić information content (AvgIpc) is 2.58. The van der Waals surface area contributed by atoms with Crippen LogP contribution in [0, 0.1) is 0 Å². The van der Waals surface area contributed by atoms with Crippen molar-refractivity contribution in [1.29, 1.82) is 0 Å². The molecule has 0 aliphatic rings. The van der Waals surface area contributed by atoms with Crippen molar-refractivity contribution in [1.82, 2.24) is 4.98 Å². The highest BCUT2D eigenvalue weighted by atomic mass is 79.9. The molecule has 0 aliphatic heterocycles. The smallest absolute Gasteiger partial charge is 0.180 e. The number of anilines is 1. The zero-order valence-corrected chi connectivity index (χ0v) is 13.6. The maximum Gasteiger partial charge on any atom is 0.180 e. The van der Waals surface area contributed by atoms with Crippen molar-refractivity contribution in [2.24, 2.45) is 0 Å². The van der Waals surface area contributed by atoms with E-state index in [4.69, 9.17) is 5.73 Å². The van der Waals surface area contributed by atoms with Gasteiger partial charge in [0.1, 0.15) is 0 Å². The number of nitrogens with zero attached hydrogens (tertiary/aromatic N) is 1. The van der Waals surface area contributed by atoms with Crippen LogP contribution in [0.1, 0.15) is 10.4 Å². The Morgan fingerprint density at radius 1 is 1.19 bits per heavy atom. The molecule has 0 aliphatic carbocycles. The highest BCUT2D eigenvalue weighted by Gasteiger charge is 2.09. The summed E-state index contributed by atoms with van der Waals surface area (Å²) in [5, 5.41) is 0.611. The summed E-state index contributed by atoms with van der Waals surface area (Å²) in [6, 6.07) is 4.06. The SMILES string of the molecule is Nc1ncc(Cc2c(Br)cc(Br)cc2Br)s1. The van der Waals surface area contributed by atoms with Crippen LogP contribution in [-0.4, -0.2) is 4.98 Å². The number of hydrogen-bond acceptors (Lipinski definition) is 3. The number of thiazole rings is 1. The molecule has 0 unspecified atom stereocenters. The third-order valence-corrected chi connectivity index (χ3v) is 4.73. The fourth-order valence-corrected chi connectivity index (χ4v) is 4.55. The molecule has 2 rings (SSSR count). The van der Waals surface area contributed by atoms with Crippen LogP contribution in [0.2, 0.25) is 0 Å².